The predicted octanol–water partition coefficient (Wildman–Crippen LogP) is 0.710. The Bertz CT molecular complexity index is 503. The zero-order chi connectivity index (χ0) is 12.9. The molecule has 92 valence electrons. The second-order valence-electron chi connectivity index (χ2n) is 3.62. The number of nitrogens with zero attached hydrogens (tertiary/aromatic N) is 1. The first-order valence-corrected chi connectivity index (χ1v) is 6.91. The predicted molar refractivity (Wildman–Crippen MR) is 63.3 cm³/mol. The lowest BCUT2D eigenvalue weighted by Gasteiger charge is -2.07. The summed E-state index contributed by atoms with van der Waals surface area (Å²) in [4.78, 5) is 0.249. The lowest BCUT2D eigenvalue weighted by Crippen LogP contribution is -2.20. The minimum atomic E-state index is -3.18. The smallest absolute Gasteiger partial charge is 0.175 e. The van der Waals surface area contributed by atoms with Crippen LogP contribution < -0.4 is 10.5 Å². The van der Waals surface area contributed by atoms with Crippen LogP contribution >= 0.6 is 0 Å². The molecule has 0 saturated heterocycles. The van der Waals surface area contributed by atoms with Crippen molar-refractivity contribution >= 4 is 9.84 Å². The Balaban J connectivity index is 2.56. The largest absolute Gasteiger partial charge is 0.493 e. The molecule has 1 unspecified atom stereocenters. The molecule has 1 aromatic carbocycles. The molecule has 17 heavy (non-hydrogen) atoms. The molecule has 1 aromatic rings. The van der Waals surface area contributed by atoms with Crippen molar-refractivity contribution in [3.8, 4) is 11.8 Å². The molecule has 2 N–H and O–H groups in total. The Morgan fingerprint density at radius 3 is 2.47 bits per heavy atom. The highest BCUT2D eigenvalue weighted by atomic mass is 32.2. The van der Waals surface area contributed by atoms with Crippen LogP contribution in [-0.2, 0) is 9.84 Å². The molecule has 0 fully saturated rings. The minimum Gasteiger partial charge on any atom is -0.493 e. The second-order valence-corrected chi connectivity index (χ2v) is 5.63. The average Bonchev–Trinajstić information content (AvgIpc) is 2.28. The third kappa shape index (κ3) is 4.43. The van der Waals surface area contributed by atoms with Crippen LogP contribution in [0.5, 0.6) is 5.75 Å². The van der Waals surface area contributed by atoms with Crippen molar-refractivity contribution in [1.82, 2.24) is 0 Å². The molecule has 1 rings (SSSR count). The lowest BCUT2D eigenvalue weighted by molar-refractivity contribution is 0.306. The van der Waals surface area contributed by atoms with Crippen molar-refractivity contribution < 1.29 is 13.2 Å². The van der Waals surface area contributed by atoms with Crippen LogP contribution in [0.4, 0.5) is 0 Å². The van der Waals surface area contributed by atoms with Gasteiger partial charge in [0.05, 0.1) is 23.6 Å². The third-order valence-corrected chi connectivity index (χ3v) is 3.24. The van der Waals surface area contributed by atoms with E-state index in [1.165, 1.54) is 12.1 Å². The van der Waals surface area contributed by atoms with Gasteiger partial charge in [-0.3, -0.25) is 0 Å². The highest BCUT2D eigenvalue weighted by molar-refractivity contribution is 7.90. The molecule has 0 spiro atoms. The van der Waals surface area contributed by atoms with E-state index in [0.717, 1.165) is 6.26 Å². The molecule has 0 radical (unpaired) electrons. The van der Waals surface area contributed by atoms with Gasteiger partial charge >= 0.3 is 0 Å². The van der Waals surface area contributed by atoms with Crippen LogP contribution in [0, 0.1) is 11.3 Å². The Morgan fingerprint density at radius 1 is 1.41 bits per heavy atom. The van der Waals surface area contributed by atoms with Crippen LogP contribution in [0.1, 0.15) is 6.42 Å². The number of hydrogen-bond acceptors (Lipinski definition) is 5. The Labute approximate surface area is 101 Å². The number of rotatable bonds is 5. The monoisotopic (exact) mass is 254 g/mol. The summed E-state index contributed by atoms with van der Waals surface area (Å²) in [5, 5.41) is 8.46. The quantitative estimate of drug-likeness (QED) is 0.835. The molecule has 6 heteroatoms. The van der Waals surface area contributed by atoms with Crippen LogP contribution in [0.3, 0.4) is 0 Å². The molecule has 0 aromatic heterocycles. The lowest BCUT2D eigenvalue weighted by atomic mass is 10.2. The van der Waals surface area contributed by atoms with E-state index in [4.69, 9.17) is 15.7 Å². The molecule has 0 amide bonds. The van der Waals surface area contributed by atoms with E-state index in [-0.39, 0.29) is 4.90 Å². The average molecular weight is 254 g/mol. The molecule has 1 atom stereocenters. The fraction of sp³-hybridized carbons (Fsp3) is 0.364. The normalized spacial score (nSPS) is 12.8. The molecule has 0 aliphatic heterocycles. The molecule has 0 aliphatic rings. The van der Waals surface area contributed by atoms with E-state index in [2.05, 4.69) is 0 Å². The molecule has 5 nitrogen and oxygen atoms in total. The van der Waals surface area contributed by atoms with Crippen molar-refractivity contribution in [3.05, 3.63) is 24.3 Å². The fourth-order valence-corrected chi connectivity index (χ4v) is 1.78. The van der Waals surface area contributed by atoms with Gasteiger partial charge < -0.3 is 10.5 Å². The highest BCUT2D eigenvalue weighted by Crippen LogP contribution is 2.15. The van der Waals surface area contributed by atoms with Gasteiger partial charge in [0.2, 0.25) is 0 Å². The van der Waals surface area contributed by atoms with Gasteiger partial charge in [-0.05, 0) is 24.3 Å². The first-order valence-electron chi connectivity index (χ1n) is 5.01. The number of nitriles is 1. The van der Waals surface area contributed by atoms with E-state index in [1.807, 2.05) is 6.07 Å². The summed E-state index contributed by atoms with van der Waals surface area (Å²) in [6, 6.07) is 7.48. The summed E-state index contributed by atoms with van der Waals surface area (Å²) < 4.78 is 27.7. The molecule has 0 heterocycles. The number of nitrogens with two attached hydrogens (primary N) is 1. The summed E-state index contributed by atoms with van der Waals surface area (Å²) in [7, 11) is -3.18. The Morgan fingerprint density at radius 2 is 2.00 bits per heavy atom. The molecule has 0 saturated carbocycles. The van der Waals surface area contributed by atoms with E-state index in [9.17, 15) is 8.42 Å². The van der Waals surface area contributed by atoms with Gasteiger partial charge in [0.15, 0.2) is 9.84 Å². The standard InChI is InChI=1S/C11H14N2O3S/c1-17(14,15)11-4-2-10(3-5-11)16-7-6-9(13)8-12/h2-5,9H,6-7,13H2,1H3. The van der Waals surface area contributed by atoms with Crippen LogP contribution in [0.2, 0.25) is 0 Å². The fourth-order valence-electron chi connectivity index (χ4n) is 1.15. The summed E-state index contributed by atoms with van der Waals surface area (Å²) in [6.45, 7) is 0.326. The molecular weight excluding hydrogens is 240 g/mol. The maximum absolute atomic E-state index is 11.2. The SMILES string of the molecule is CS(=O)(=O)c1ccc(OCCC(N)C#N)cc1. The van der Waals surface area contributed by atoms with Gasteiger partial charge in [-0.15, -0.1) is 0 Å². The maximum Gasteiger partial charge on any atom is 0.175 e. The van der Waals surface area contributed by atoms with Gasteiger partial charge in [-0.25, -0.2) is 8.42 Å². The third-order valence-electron chi connectivity index (χ3n) is 2.12. The van der Waals surface area contributed by atoms with Gasteiger partial charge in [-0.2, -0.15) is 5.26 Å². The summed E-state index contributed by atoms with van der Waals surface area (Å²) in [5.41, 5.74) is 5.40. The number of sulfone groups is 1. The molecule has 0 aliphatic carbocycles. The zero-order valence-electron chi connectivity index (χ0n) is 9.46. The maximum atomic E-state index is 11.2. The van der Waals surface area contributed by atoms with Gasteiger partial charge in [-0.1, -0.05) is 0 Å². The van der Waals surface area contributed by atoms with Crippen molar-refractivity contribution in [1.29, 1.82) is 5.26 Å². The van der Waals surface area contributed by atoms with Crippen molar-refractivity contribution in [2.24, 2.45) is 5.73 Å². The number of hydrogen-bond donors (Lipinski definition) is 1. The topological polar surface area (TPSA) is 93.2 Å². The Kier molecular flexibility index (Phi) is 4.49. The van der Waals surface area contributed by atoms with Gasteiger partial charge in [0.1, 0.15) is 5.75 Å². The van der Waals surface area contributed by atoms with E-state index >= 15 is 0 Å². The molecular formula is C11H14N2O3S. The summed E-state index contributed by atoms with van der Waals surface area (Å²) in [6.07, 6.45) is 1.58. The van der Waals surface area contributed by atoms with Crippen molar-refractivity contribution in [3.63, 3.8) is 0 Å². The number of benzene rings is 1. The van der Waals surface area contributed by atoms with E-state index < -0.39 is 15.9 Å². The Hall–Kier alpha value is -1.58. The first kappa shape index (κ1) is 13.5. The molecule has 0 bridgehead atoms. The van der Waals surface area contributed by atoms with Crippen LogP contribution in [-0.4, -0.2) is 27.3 Å². The summed E-state index contributed by atoms with van der Waals surface area (Å²) in [5.74, 6) is 0.558. The second kappa shape index (κ2) is 5.66. The zero-order valence-corrected chi connectivity index (χ0v) is 10.3. The van der Waals surface area contributed by atoms with Gasteiger partial charge in [0.25, 0.3) is 0 Å². The van der Waals surface area contributed by atoms with Crippen molar-refractivity contribution in [2.75, 3.05) is 12.9 Å². The van der Waals surface area contributed by atoms with E-state index in [0.29, 0.717) is 18.8 Å². The van der Waals surface area contributed by atoms with Crippen LogP contribution in [0.15, 0.2) is 29.2 Å². The number of ether oxygens (including phenoxy) is 1. The van der Waals surface area contributed by atoms with Crippen molar-refractivity contribution in [2.45, 2.75) is 17.4 Å². The summed E-state index contributed by atoms with van der Waals surface area (Å²) >= 11 is 0. The van der Waals surface area contributed by atoms with E-state index in [1.54, 1.807) is 12.1 Å². The van der Waals surface area contributed by atoms with Gasteiger partial charge in [0, 0.05) is 12.7 Å². The minimum absolute atomic E-state index is 0.249. The first-order chi connectivity index (χ1) is 7.93. The van der Waals surface area contributed by atoms with Crippen LogP contribution in [0.25, 0.3) is 0 Å². The highest BCUT2D eigenvalue weighted by Gasteiger charge is 2.06.